The van der Waals surface area contributed by atoms with E-state index in [4.69, 9.17) is 9.47 Å². The molecular formula is C21H20N4O4. The second-order valence-corrected chi connectivity index (χ2v) is 6.53. The molecule has 2 heterocycles. The third kappa shape index (κ3) is 4.06. The van der Waals surface area contributed by atoms with Gasteiger partial charge < -0.3 is 14.8 Å². The smallest absolute Gasteiger partial charge is 0.414 e. The largest absolute Gasteiger partial charge is 0.471 e. The topological polar surface area (TPSA) is 85.7 Å². The Balaban J connectivity index is 1.53. The van der Waals surface area contributed by atoms with E-state index in [0.717, 1.165) is 5.56 Å². The van der Waals surface area contributed by atoms with Gasteiger partial charge in [0.1, 0.15) is 18.8 Å². The van der Waals surface area contributed by atoms with E-state index in [1.54, 1.807) is 37.5 Å². The van der Waals surface area contributed by atoms with Crippen LogP contribution in [0.1, 0.15) is 15.9 Å². The van der Waals surface area contributed by atoms with Gasteiger partial charge in [0.05, 0.1) is 17.9 Å². The first-order valence-corrected chi connectivity index (χ1v) is 9.17. The Labute approximate surface area is 167 Å². The molecule has 1 fully saturated rings. The number of ether oxygens (including phenoxy) is 2. The average Bonchev–Trinajstić information content (AvgIpc) is 3.33. The van der Waals surface area contributed by atoms with Gasteiger partial charge in [-0.15, -0.1) is 5.10 Å². The van der Waals surface area contributed by atoms with Crippen molar-refractivity contribution >= 4 is 23.4 Å². The van der Waals surface area contributed by atoms with Crippen LogP contribution < -0.4 is 15.0 Å². The predicted octanol–water partition coefficient (Wildman–Crippen LogP) is 3.21. The van der Waals surface area contributed by atoms with Crippen molar-refractivity contribution in [3.05, 3.63) is 71.9 Å². The number of nitrogens with one attached hydrogen (secondary N) is 1. The number of nitrogens with zero attached hydrogens (tertiary/aromatic N) is 3. The van der Waals surface area contributed by atoms with Gasteiger partial charge in [-0.2, -0.15) is 0 Å². The molecule has 2 aromatic carbocycles. The monoisotopic (exact) mass is 392 g/mol. The van der Waals surface area contributed by atoms with E-state index < -0.39 is 6.09 Å². The van der Waals surface area contributed by atoms with Gasteiger partial charge in [-0.05, 0) is 17.7 Å². The second-order valence-electron chi connectivity index (χ2n) is 6.53. The van der Waals surface area contributed by atoms with Gasteiger partial charge >= 0.3 is 6.09 Å². The van der Waals surface area contributed by atoms with E-state index in [1.807, 2.05) is 30.3 Å². The number of para-hydroxylation sites is 2. The normalized spacial score (nSPS) is 13.3. The molecule has 0 radical (unpaired) electrons. The molecule has 1 saturated heterocycles. The van der Waals surface area contributed by atoms with E-state index in [-0.39, 0.29) is 11.8 Å². The lowest BCUT2D eigenvalue weighted by atomic mass is 10.2. The van der Waals surface area contributed by atoms with Gasteiger partial charge in [0.25, 0.3) is 5.91 Å². The molecule has 8 nitrogen and oxygen atoms in total. The van der Waals surface area contributed by atoms with E-state index >= 15 is 0 Å². The molecule has 3 aromatic rings. The van der Waals surface area contributed by atoms with Crippen molar-refractivity contribution in [2.75, 3.05) is 23.4 Å². The molecule has 1 aromatic heterocycles. The lowest BCUT2D eigenvalue weighted by Gasteiger charge is -2.17. The first-order valence-electron chi connectivity index (χ1n) is 9.17. The fourth-order valence-electron chi connectivity index (χ4n) is 3.07. The SMILES string of the molecule is Cn1cc(C(=O)Nc2ccccc2N2CCOC2=O)c(OCc2ccccc2)n1. The van der Waals surface area contributed by atoms with Gasteiger partial charge in [-0.1, -0.05) is 42.5 Å². The molecule has 0 bridgehead atoms. The number of carbonyl (C=O) groups is 2. The van der Waals surface area contributed by atoms with Gasteiger partial charge in [0, 0.05) is 13.2 Å². The molecule has 29 heavy (non-hydrogen) atoms. The Morgan fingerprint density at radius 2 is 1.93 bits per heavy atom. The fourth-order valence-corrected chi connectivity index (χ4v) is 3.07. The van der Waals surface area contributed by atoms with Crippen LogP contribution in [0.2, 0.25) is 0 Å². The van der Waals surface area contributed by atoms with E-state index in [9.17, 15) is 9.59 Å². The molecule has 1 aliphatic rings. The second kappa shape index (κ2) is 8.05. The first-order chi connectivity index (χ1) is 14.1. The van der Waals surface area contributed by atoms with Crippen LogP contribution in [0.5, 0.6) is 5.88 Å². The average molecular weight is 392 g/mol. The van der Waals surface area contributed by atoms with E-state index in [0.29, 0.717) is 36.7 Å². The van der Waals surface area contributed by atoms with Crippen LogP contribution in [-0.2, 0) is 18.4 Å². The highest BCUT2D eigenvalue weighted by Crippen LogP contribution is 2.29. The number of cyclic esters (lactones) is 1. The number of aromatic nitrogens is 2. The molecule has 1 aliphatic heterocycles. The van der Waals surface area contributed by atoms with Crippen LogP contribution in [0.4, 0.5) is 16.2 Å². The number of rotatable bonds is 6. The molecule has 0 saturated carbocycles. The minimum absolute atomic E-state index is 0.243. The maximum absolute atomic E-state index is 12.9. The van der Waals surface area contributed by atoms with Crippen molar-refractivity contribution in [3.8, 4) is 5.88 Å². The van der Waals surface area contributed by atoms with E-state index in [1.165, 1.54) is 9.58 Å². The highest BCUT2D eigenvalue weighted by Gasteiger charge is 2.26. The highest BCUT2D eigenvalue weighted by atomic mass is 16.6. The van der Waals surface area contributed by atoms with Gasteiger partial charge in [0.2, 0.25) is 5.88 Å². The zero-order valence-corrected chi connectivity index (χ0v) is 15.9. The lowest BCUT2D eigenvalue weighted by Crippen LogP contribution is -2.25. The van der Waals surface area contributed by atoms with Crippen LogP contribution in [0.25, 0.3) is 0 Å². The summed E-state index contributed by atoms with van der Waals surface area (Å²) >= 11 is 0. The summed E-state index contributed by atoms with van der Waals surface area (Å²) in [4.78, 5) is 26.3. The Hall–Kier alpha value is -3.81. The summed E-state index contributed by atoms with van der Waals surface area (Å²) in [7, 11) is 1.72. The van der Waals surface area contributed by atoms with Crippen molar-refractivity contribution in [2.45, 2.75) is 6.61 Å². The number of aryl methyl sites for hydroxylation is 1. The molecule has 2 amide bonds. The Morgan fingerprint density at radius 1 is 1.17 bits per heavy atom. The van der Waals surface area contributed by atoms with Crippen molar-refractivity contribution in [2.24, 2.45) is 7.05 Å². The molecule has 0 aliphatic carbocycles. The minimum atomic E-state index is -0.431. The standard InChI is InChI=1S/C21H20N4O4/c1-24-13-16(20(23-24)29-14-15-7-3-2-4-8-15)19(26)22-17-9-5-6-10-18(17)25-11-12-28-21(25)27/h2-10,13H,11-12,14H2,1H3,(H,22,26). The number of amides is 2. The van der Waals surface area contributed by atoms with Gasteiger partial charge in [-0.3, -0.25) is 14.4 Å². The molecule has 1 N–H and O–H groups in total. The van der Waals surface area contributed by atoms with Crippen molar-refractivity contribution in [3.63, 3.8) is 0 Å². The highest BCUT2D eigenvalue weighted by molar-refractivity contribution is 6.08. The van der Waals surface area contributed by atoms with Crippen LogP contribution in [0.15, 0.2) is 60.8 Å². The molecule has 8 heteroatoms. The molecular weight excluding hydrogens is 372 g/mol. The lowest BCUT2D eigenvalue weighted by molar-refractivity contribution is 0.102. The fraction of sp³-hybridized carbons (Fsp3) is 0.190. The Bertz CT molecular complexity index is 1030. The summed E-state index contributed by atoms with van der Waals surface area (Å²) in [6, 6.07) is 16.7. The summed E-state index contributed by atoms with van der Waals surface area (Å²) in [5.74, 6) is -0.131. The Morgan fingerprint density at radius 3 is 2.69 bits per heavy atom. The zero-order valence-electron chi connectivity index (χ0n) is 15.9. The van der Waals surface area contributed by atoms with Crippen LogP contribution in [-0.4, -0.2) is 34.9 Å². The van der Waals surface area contributed by atoms with Crippen molar-refractivity contribution in [1.29, 1.82) is 0 Å². The van der Waals surface area contributed by atoms with Crippen LogP contribution >= 0.6 is 0 Å². The third-order valence-electron chi connectivity index (χ3n) is 4.46. The van der Waals surface area contributed by atoms with Gasteiger partial charge in [0.15, 0.2) is 0 Å². The summed E-state index contributed by atoms with van der Waals surface area (Å²) < 4.78 is 12.3. The van der Waals surface area contributed by atoms with Crippen LogP contribution in [0, 0.1) is 0 Å². The zero-order chi connectivity index (χ0) is 20.2. The van der Waals surface area contributed by atoms with Crippen molar-refractivity contribution in [1.82, 2.24) is 9.78 Å². The van der Waals surface area contributed by atoms with Crippen molar-refractivity contribution < 1.29 is 19.1 Å². The minimum Gasteiger partial charge on any atom is -0.471 e. The quantitative estimate of drug-likeness (QED) is 0.696. The first kappa shape index (κ1) is 18.5. The molecule has 0 spiro atoms. The summed E-state index contributed by atoms with van der Waals surface area (Å²) in [6.07, 6.45) is 1.17. The predicted molar refractivity (Wildman–Crippen MR) is 107 cm³/mol. The molecule has 4 rings (SSSR count). The number of carbonyl (C=O) groups excluding carboxylic acids is 2. The summed E-state index contributed by atoms with van der Waals surface area (Å²) in [5, 5.41) is 7.10. The molecule has 148 valence electrons. The van der Waals surface area contributed by atoms with E-state index in [2.05, 4.69) is 10.4 Å². The number of anilines is 2. The number of hydrogen-bond donors (Lipinski definition) is 1. The maximum Gasteiger partial charge on any atom is 0.414 e. The molecule has 0 atom stereocenters. The number of hydrogen-bond acceptors (Lipinski definition) is 5. The molecule has 0 unspecified atom stereocenters. The Kier molecular flexibility index (Phi) is 5.15. The van der Waals surface area contributed by atoms with Crippen LogP contribution in [0.3, 0.4) is 0 Å². The van der Waals surface area contributed by atoms with Gasteiger partial charge in [-0.25, -0.2) is 4.79 Å². The summed E-state index contributed by atoms with van der Waals surface area (Å²) in [6.45, 7) is 1.06. The maximum atomic E-state index is 12.9. The third-order valence-corrected chi connectivity index (χ3v) is 4.46. The summed E-state index contributed by atoms with van der Waals surface area (Å²) in [5.41, 5.74) is 2.37. The number of benzene rings is 2.